The van der Waals surface area contributed by atoms with E-state index in [4.69, 9.17) is 4.52 Å². The Morgan fingerprint density at radius 1 is 1.00 bits per heavy atom. The molecule has 146 valence electrons. The minimum atomic E-state index is -0.378. The van der Waals surface area contributed by atoms with Crippen LogP contribution in [0.25, 0.3) is 11.4 Å². The number of nitrogens with one attached hydrogen (secondary N) is 1. The summed E-state index contributed by atoms with van der Waals surface area (Å²) in [6.07, 6.45) is 2.02. The summed E-state index contributed by atoms with van der Waals surface area (Å²) in [6.45, 7) is 3.20. The number of hydrogen-bond acceptors (Lipinski definition) is 5. The number of nitrogens with zero attached hydrogens (tertiary/aromatic N) is 3. The van der Waals surface area contributed by atoms with Gasteiger partial charge in [-0.25, -0.2) is 8.78 Å². The second-order valence-corrected chi connectivity index (χ2v) is 7.09. The molecule has 0 atom stereocenters. The van der Waals surface area contributed by atoms with Crippen LogP contribution in [-0.4, -0.2) is 34.7 Å². The van der Waals surface area contributed by atoms with Crippen LogP contribution < -0.4 is 5.32 Å². The second-order valence-electron chi connectivity index (χ2n) is 7.09. The first-order valence-corrected chi connectivity index (χ1v) is 9.47. The minimum Gasteiger partial charge on any atom is -0.337 e. The van der Waals surface area contributed by atoms with Gasteiger partial charge >= 0.3 is 6.01 Å². The average molecular weight is 384 g/mol. The SMILES string of the molecule is Fc1ccccc1CN1CCC(CNc2nc(-c3ccccc3F)no2)CC1. The fourth-order valence-corrected chi connectivity index (χ4v) is 3.50. The van der Waals surface area contributed by atoms with E-state index >= 15 is 0 Å². The monoisotopic (exact) mass is 384 g/mol. The summed E-state index contributed by atoms with van der Waals surface area (Å²) in [4.78, 5) is 6.50. The fourth-order valence-electron chi connectivity index (χ4n) is 3.50. The van der Waals surface area contributed by atoms with Crippen LogP contribution in [0.3, 0.4) is 0 Å². The number of hydrogen-bond donors (Lipinski definition) is 1. The number of rotatable bonds is 6. The summed E-state index contributed by atoms with van der Waals surface area (Å²) in [5.74, 6) is 0.186. The first-order chi connectivity index (χ1) is 13.7. The second kappa shape index (κ2) is 8.48. The van der Waals surface area contributed by atoms with Crippen LogP contribution in [0.15, 0.2) is 53.1 Å². The molecule has 1 N–H and O–H groups in total. The van der Waals surface area contributed by atoms with Gasteiger partial charge < -0.3 is 9.84 Å². The van der Waals surface area contributed by atoms with Gasteiger partial charge in [-0.2, -0.15) is 4.98 Å². The van der Waals surface area contributed by atoms with Gasteiger partial charge in [-0.15, -0.1) is 0 Å². The highest BCUT2D eigenvalue weighted by molar-refractivity contribution is 5.56. The van der Waals surface area contributed by atoms with E-state index in [1.54, 1.807) is 24.3 Å². The van der Waals surface area contributed by atoms with Crippen molar-refractivity contribution in [3.8, 4) is 11.4 Å². The van der Waals surface area contributed by atoms with Crippen LogP contribution in [-0.2, 0) is 6.54 Å². The summed E-state index contributed by atoms with van der Waals surface area (Å²) in [5, 5.41) is 7.00. The first kappa shape index (κ1) is 18.6. The topological polar surface area (TPSA) is 54.2 Å². The molecule has 1 saturated heterocycles. The number of halogens is 2. The smallest absolute Gasteiger partial charge is 0.321 e. The average Bonchev–Trinajstić information content (AvgIpc) is 3.18. The van der Waals surface area contributed by atoms with E-state index in [0.29, 0.717) is 30.6 Å². The number of aromatic nitrogens is 2. The predicted octanol–water partition coefficient (Wildman–Crippen LogP) is 4.34. The van der Waals surface area contributed by atoms with Gasteiger partial charge in [0.05, 0.1) is 5.56 Å². The van der Waals surface area contributed by atoms with Gasteiger partial charge in [-0.3, -0.25) is 4.90 Å². The Balaban J connectivity index is 1.26. The van der Waals surface area contributed by atoms with Crippen LogP contribution in [0.4, 0.5) is 14.8 Å². The van der Waals surface area contributed by atoms with Crippen molar-refractivity contribution in [1.82, 2.24) is 15.0 Å². The third-order valence-corrected chi connectivity index (χ3v) is 5.14. The molecule has 2 aromatic carbocycles. The lowest BCUT2D eigenvalue weighted by Crippen LogP contribution is -2.35. The third-order valence-electron chi connectivity index (χ3n) is 5.14. The van der Waals surface area contributed by atoms with Crippen molar-refractivity contribution in [2.45, 2.75) is 19.4 Å². The van der Waals surface area contributed by atoms with Gasteiger partial charge in [-0.05, 0) is 50.0 Å². The summed E-state index contributed by atoms with van der Waals surface area (Å²) in [7, 11) is 0. The van der Waals surface area contributed by atoms with Crippen LogP contribution in [0.2, 0.25) is 0 Å². The lowest BCUT2D eigenvalue weighted by Gasteiger charge is -2.31. The highest BCUT2D eigenvalue weighted by atomic mass is 19.1. The molecule has 0 amide bonds. The Labute approximate surface area is 162 Å². The molecular weight excluding hydrogens is 362 g/mol. The van der Waals surface area contributed by atoms with E-state index in [2.05, 4.69) is 20.4 Å². The molecule has 1 aliphatic heterocycles. The van der Waals surface area contributed by atoms with Crippen molar-refractivity contribution in [1.29, 1.82) is 0 Å². The molecule has 7 heteroatoms. The molecule has 5 nitrogen and oxygen atoms in total. The zero-order valence-electron chi connectivity index (χ0n) is 15.4. The van der Waals surface area contributed by atoms with Crippen molar-refractivity contribution in [3.05, 3.63) is 65.7 Å². The molecule has 0 aliphatic carbocycles. The molecule has 0 radical (unpaired) electrons. The molecule has 1 aliphatic rings. The van der Waals surface area contributed by atoms with Crippen molar-refractivity contribution in [3.63, 3.8) is 0 Å². The maximum Gasteiger partial charge on any atom is 0.321 e. The minimum absolute atomic E-state index is 0.145. The summed E-state index contributed by atoms with van der Waals surface area (Å²) >= 11 is 0. The molecule has 1 fully saturated rings. The van der Waals surface area contributed by atoms with Crippen LogP contribution in [0.5, 0.6) is 0 Å². The molecule has 3 aromatic rings. The van der Waals surface area contributed by atoms with E-state index in [1.165, 1.54) is 12.1 Å². The van der Waals surface area contributed by atoms with E-state index in [0.717, 1.165) is 31.5 Å². The molecule has 1 aromatic heterocycles. The van der Waals surface area contributed by atoms with E-state index in [9.17, 15) is 8.78 Å². The van der Waals surface area contributed by atoms with Crippen LogP contribution in [0, 0.1) is 17.6 Å². The van der Waals surface area contributed by atoms with Crippen molar-refractivity contribution in [2.75, 3.05) is 25.0 Å². The van der Waals surface area contributed by atoms with Crippen LogP contribution in [0.1, 0.15) is 18.4 Å². The van der Waals surface area contributed by atoms with Crippen LogP contribution >= 0.6 is 0 Å². The molecule has 0 saturated carbocycles. The predicted molar refractivity (Wildman–Crippen MR) is 103 cm³/mol. The lowest BCUT2D eigenvalue weighted by molar-refractivity contribution is 0.180. The Bertz CT molecular complexity index is 922. The Morgan fingerprint density at radius 3 is 2.46 bits per heavy atom. The van der Waals surface area contributed by atoms with Gasteiger partial charge in [0.15, 0.2) is 0 Å². The summed E-state index contributed by atoms with van der Waals surface area (Å²) in [5.41, 5.74) is 1.06. The number of piperidine rings is 1. The zero-order valence-corrected chi connectivity index (χ0v) is 15.4. The lowest BCUT2D eigenvalue weighted by atomic mass is 9.96. The molecule has 28 heavy (non-hydrogen) atoms. The molecule has 0 spiro atoms. The van der Waals surface area contributed by atoms with Gasteiger partial charge in [-0.1, -0.05) is 35.5 Å². The maximum atomic E-state index is 13.8. The quantitative estimate of drug-likeness (QED) is 0.685. The normalized spacial score (nSPS) is 15.6. The number of anilines is 1. The highest BCUT2D eigenvalue weighted by Gasteiger charge is 2.21. The summed E-state index contributed by atoms with van der Waals surface area (Å²) in [6, 6.07) is 13.6. The molecule has 4 rings (SSSR count). The van der Waals surface area contributed by atoms with Gasteiger partial charge in [0.2, 0.25) is 5.82 Å². The van der Waals surface area contributed by atoms with Gasteiger partial charge in [0.25, 0.3) is 0 Å². The molecule has 0 bridgehead atoms. The third kappa shape index (κ3) is 4.36. The highest BCUT2D eigenvalue weighted by Crippen LogP contribution is 2.23. The largest absolute Gasteiger partial charge is 0.337 e. The van der Waals surface area contributed by atoms with Crippen molar-refractivity contribution < 1.29 is 13.3 Å². The number of benzene rings is 2. The van der Waals surface area contributed by atoms with E-state index in [1.807, 2.05) is 12.1 Å². The Hall–Kier alpha value is -2.80. The summed E-state index contributed by atoms with van der Waals surface area (Å²) < 4.78 is 32.8. The van der Waals surface area contributed by atoms with Gasteiger partial charge in [0, 0.05) is 18.7 Å². The van der Waals surface area contributed by atoms with Crippen molar-refractivity contribution >= 4 is 6.01 Å². The molecular formula is C21H22F2N4O. The first-order valence-electron chi connectivity index (χ1n) is 9.47. The standard InChI is InChI=1S/C21H22F2N4O/c22-18-7-3-1-5-16(18)14-27-11-9-15(10-12-27)13-24-21-25-20(26-28-21)17-6-2-4-8-19(17)23/h1-8,15H,9-14H2,(H,24,25,26). The molecule has 0 unspecified atom stereocenters. The maximum absolute atomic E-state index is 13.8. The van der Waals surface area contributed by atoms with E-state index < -0.39 is 0 Å². The van der Waals surface area contributed by atoms with Crippen molar-refractivity contribution in [2.24, 2.45) is 5.92 Å². The Morgan fingerprint density at radius 2 is 1.71 bits per heavy atom. The number of likely N-dealkylation sites (tertiary alicyclic amines) is 1. The van der Waals surface area contributed by atoms with E-state index in [-0.39, 0.29) is 17.5 Å². The molecule has 2 heterocycles. The fraction of sp³-hybridized carbons (Fsp3) is 0.333. The van der Waals surface area contributed by atoms with Gasteiger partial charge in [0.1, 0.15) is 11.6 Å². The Kier molecular flexibility index (Phi) is 5.62. The zero-order chi connectivity index (χ0) is 19.3.